The van der Waals surface area contributed by atoms with Crippen molar-refractivity contribution in [3.05, 3.63) is 47.8 Å². The van der Waals surface area contributed by atoms with Gasteiger partial charge in [-0.05, 0) is 38.3 Å². The number of nitrogens with one attached hydrogen (secondary N) is 2. The van der Waals surface area contributed by atoms with Crippen molar-refractivity contribution in [3.63, 3.8) is 0 Å². The summed E-state index contributed by atoms with van der Waals surface area (Å²) in [4.78, 5) is 22.0. The van der Waals surface area contributed by atoms with Gasteiger partial charge in [0.1, 0.15) is 17.4 Å². The number of H-pyrrole nitrogens is 1. The molecule has 1 saturated heterocycles. The molecule has 1 fully saturated rings. The van der Waals surface area contributed by atoms with Gasteiger partial charge in [-0.15, -0.1) is 0 Å². The molecule has 2 aromatic rings. The lowest BCUT2D eigenvalue weighted by atomic mass is 10.0. The van der Waals surface area contributed by atoms with Crippen molar-refractivity contribution in [2.24, 2.45) is 0 Å². The number of imidazole rings is 1. The van der Waals surface area contributed by atoms with E-state index in [4.69, 9.17) is 4.74 Å². The number of rotatable bonds is 4. The zero-order valence-corrected chi connectivity index (χ0v) is 14.5. The van der Waals surface area contributed by atoms with Crippen LogP contribution in [-0.4, -0.2) is 34.6 Å². The number of nitrogens with zero attached hydrogens (tertiary/aromatic N) is 2. The molecule has 7 heteroatoms. The average molecular weight is 346 g/mol. The lowest BCUT2D eigenvalue weighted by Crippen LogP contribution is -2.45. The van der Waals surface area contributed by atoms with Crippen molar-refractivity contribution in [3.8, 4) is 5.75 Å². The number of hydrogen-bond acceptors (Lipinski definition) is 3. The van der Waals surface area contributed by atoms with Crippen LogP contribution in [0, 0.1) is 5.82 Å². The first-order chi connectivity index (χ1) is 12.1. The SMILES string of the molecule is COc1cccc(F)c1[C@@H](C)NC(=O)N1CCCC[C@@H]1c1ncc[nH]1. The Morgan fingerprint density at radius 2 is 2.32 bits per heavy atom. The number of aromatic amines is 1. The van der Waals surface area contributed by atoms with Gasteiger partial charge in [-0.3, -0.25) is 0 Å². The van der Waals surface area contributed by atoms with Crippen LogP contribution >= 0.6 is 0 Å². The summed E-state index contributed by atoms with van der Waals surface area (Å²) in [5, 5.41) is 2.90. The average Bonchev–Trinajstić information content (AvgIpc) is 3.15. The predicted molar refractivity (Wildman–Crippen MR) is 91.8 cm³/mol. The minimum absolute atomic E-state index is 0.0848. The Hall–Kier alpha value is -2.57. The third kappa shape index (κ3) is 3.60. The number of piperidine rings is 1. The van der Waals surface area contributed by atoms with Gasteiger partial charge in [0.2, 0.25) is 0 Å². The molecule has 0 bridgehead atoms. The number of ether oxygens (including phenoxy) is 1. The standard InChI is InChI=1S/C18H23FN4O2/c1-12(16-13(19)6-5-8-15(16)25-2)22-18(24)23-11-4-3-7-14(23)17-20-9-10-21-17/h5-6,8-10,12,14H,3-4,7,11H2,1-2H3,(H,20,21)(H,22,24)/t12-,14-/m1/s1. The van der Waals surface area contributed by atoms with E-state index in [1.54, 1.807) is 36.4 Å². The zero-order valence-electron chi connectivity index (χ0n) is 14.5. The van der Waals surface area contributed by atoms with Crippen LogP contribution in [-0.2, 0) is 0 Å². The summed E-state index contributed by atoms with van der Waals surface area (Å²) in [5.41, 5.74) is 0.352. The topological polar surface area (TPSA) is 70.2 Å². The van der Waals surface area contributed by atoms with Crippen molar-refractivity contribution < 1.29 is 13.9 Å². The summed E-state index contributed by atoms with van der Waals surface area (Å²) in [5.74, 6) is 0.813. The van der Waals surface area contributed by atoms with Crippen molar-refractivity contribution in [1.82, 2.24) is 20.2 Å². The van der Waals surface area contributed by atoms with Crippen LogP contribution < -0.4 is 10.1 Å². The second-order valence-corrected chi connectivity index (χ2v) is 6.21. The van der Waals surface area contributed by atoms with Gasteiger partial charge < -0.3 is 19.9 Å². The third-order valence-electron chi connectivity index (χ3n) is 4.60. The molecule has 134 valence electrons. The molecule has 3 rings (SSSR count). The van der Waals surface area contributed by atoms with E-state index in [1.165, 1.54) is 13.2 Å². The molecule has 1 aliphatic rings. The molecule has 0 aliphatic carbocycles. The van der Waals surface area contributed by atoms with Crippen LogP contribution in [0.25, 0.3) is 0 Å². The van der Waals surface area contributed by atoms with E-state index in [2.05, 4.69) is 15.3 Å². The Kier molecular flexibility index (Phi) is 5.21. The van der Waals surface area contributed by atoms with E-state index in [0.717, 1.165) is 25.1 Å². The van der Waals surface area contributed by atoms with Gasteiger partial charge >= 0.3 is 6.03 Å². The fourth-order valence-corrected chi connectivity index (χ4v) is 3.37. The first-order valence-corrected chi connectivity index (χ1v) is 8.50. The van der Waals surface area contributed by atoms with Crippen molar-refractivity contribution in [1.29, 1.82) is 0 Å². The summed E-state index contributed by atoms with van der Waals surface area (Å²) in [6.07, 6.45) is 6.30. The minimum Gasteiger partial charge on any atom is -0.496 e. The van der Waals surface area contributed by atoms with Crippen LogP contribution in [0.4, 0.5) is 9.18 Å². The molecule has 25 heavy (non-hydrogen) atoms. The minimum atomic E-state index is -0.511. The molecule has 0 spiro atoms. The molecule has 0 radical (unpaired) electrons. The molecule has 2 atom stereocenters. The number of aromatic nitrogens is 2. The Balaban J connectivity index is 1.77. The van der Waals surface area contributed by atoms with Gasteiger partial charge in [0.15, 0.2) is 0 Å². The smallest absolute Gasteiger partial charge is 0.318 e. The normalized spacial score (nSPS) is 18.7. The second kappa shape index (κ2) is 7.55. The van der Waals surface area contributed by atoms with Gasteiger partial charge in [-0.25, -0.2) is 14.2 Å². The summed E-state index contributed by atoms with van der Waals surface area (Å²) in [6, 6.07) is 3.82. The maximum atomic E-state index is 14.2. The third-order valence-corrected chi connectivity index (χ3v) is 4.60. The maximum absolute atomic E-state index is 14.2. The van der Waals surface area contributed by atoms with Gasteiger partial charge in [0.05, 0.1) is 24.8 Å². The highest BCUT2D eigenvalue weighted by molar-refractivity contribution is 5.75. The lowest BCUT2D eigenvalue weighted by Gasteiger charge is -2.35. The monoisotopic (exact) mass is 346 g/mol. The van der Waals surface area contributed by atoms with E-state index in [-0.39, 0.29) is 12.1 Å². The number of benzene rings is 1. The maximum Gasteiger partial charge on any atom is 0.318 e. The Morgan fingerprint density at radius 1 is 1.48 bits per heavy atom. The number of carbonyl (C=O) groups excluding carboxylic acids is 1. The first-order valence-electron chi connectivity index (χ1n) is 8.50. The quantitative estimate of drug-likeness (QED) is 0.889. The highest BCUT2D eigenvalue weighted by Gasteiger charge is 2.31. The highest BCUT2D eigenvalue weighted by Crippen LogP contribution is 2.31. The van der Waals surface area contributed by atoms with Crippen molar-refractivity contribution in [2.75, 3.05) is 13.7 Å². The highest BCUT2D eigenvalue weighted by atomic mass is 19.1. The van der Waals surface area contributed by atoms with E-state index in [9.17, 15) is 9.18 Å². The number of urea groups is 1. The number of methoxy groups -OCH3 is 1. The molecule has 0 saturated carbocycles. The van der Waals surface area contributed by atoms with Crippen LogP contribution in [0.5, 0.6) is 5.75 Å². The van der Waals surface area contributed by atoms with Crippen LogP contribution in [0.2, 0.25) is 0 Å². The van der Waals surface area contributed by atoms with Crippen molar-refractivity contribution >= 4 is 6.03 Å². The van der Waals surface area contributed by atoms with Crippen LogP contribution in [0.3, 0.4) is 0 Å². The number of halogens is 1. The number of hydrogen-bond donors (Lipinski definition) is 2. The molecule has 0 unspecified atom stereocenters. The number of carbonyl (C=O) groups is 1. The van der Waals surface area contributed by atoms with Gasteiger partial charge in [0.25, 0.3) is 0 Å². The molecule has 2 heterocycles. The van der Waals surface area contributed by atoms with E-state index >= 15 is 0 Å². The van der Waals surface area contributed by atoms with Gasteiger partial charge in [0, 0.05) is 18.9 Å². The fraction of sp³-hybridized carbons (Fsp3) is 0.444. The number of amides is 2. The molecule has 1 aromatic heterocycles. The second-order valence-electron chi connectivity index (χ2n) is 6.21. The summed E-state index contributed by atoms with van der Waals surface area (Å²) in [7, 11) is 1.49. The summed E-state index contributed by atoms with van der Waals surface area (Å²) >= 11 is 0. The van der Waals surface area contributed by atoms with Gasteiger partial charge in [-0.1, -0.05) is 6.07 Å². The fourth-order valence-electron chi connectivity index (χ4n) is 3.37. The van der Waals surface area contributed by atoms with Crippen molar-refractivity contribution in [2.45, 2.75) is 38.3 Å². The van der Waals surface area contributed by atoms with Crippen LogP contribution in [0.1, 0.15) is 49.7 Å². The Morgan fingerprint density at radius 3 is 3.04 bits per heavy atom. The predicted octanol–water partition coefficient (Wildman–Crippen LogP) is 3.56. The zero-order chi connectivity index (χ0) is 17.8. The molecule has 1 aromatic carbocycles. The Labute approximate surface area is 146 Å². The van der Waals surface area contributed by atoms with E-state index in [1.807, 2.05) is 0 Å². The van der Waals surface area contributed by atoms with Gasteiger partial charge in [-0.2, -0.15) is 0 Å². The lowest BCUT2D eigenvalue weighted by molar-refractivity contribution is 0.145. The Bertz CT molecular complexity index is 720. The summed E-state index contributed by atoms with van der Waals surface area (Å²) in [6.45, 7) is 2.41. The molecular weight excluding hydrogens is 323 g/mol. The molecule has 2 N–H and O–H groups in total. The van der Waals surface area contributed by atoms with E-state index < -0.39 is 11.9 Å². The summed E-state index contributed by atoms with van der Waals surface area (Å²) < 4.78 is 19.5. The largest absolute Gasteiger partial charge is 0.496 e. The first kappa shape index (κ1) is 17.3. The number of likely N-dealkylation sites (tertiary alicyclic amines) is 1. The van der Waals surface area contributed by atoms with E-state index in [0.29, 0.717) is 17.9 Å². The molecule has 6 nitrogen and oxygen atoms in total. The molecule has 1 aliphatic heterocycles. The molecule has 2 amide bonds. The molecular formula is C18H23FN4O2. The van der Waals surface area contributed by atoms with Crippen LogP contribution in [0.15, 0.2) is 30.6 Å².